The molecule has 1 aliphatic rings. The Balaban J connectivity index is 1.78. The van der Waals surface area contributed by atoms with Crippen LogP contribution in [-0.2, 0) is 9.47 Å². The van der Waals surface area contributed by atoms with Crippen LogP contribution in [0, 0.1) is 0 Å². The number of hydrogen-bond acceptors (Lipinski definition) is 7. The lowest BCUT2D eigenvalue weighted by atomic mass is 10.2. The number of nitrogens with zero attached hydrogens (tertiary/aromatic N) is 1. The van der Waals surface area contributed by atoms with Crippen LogP contribution in [0.25, 0.3) is 0 Å². The summed E-state index contributed by atoms with van der Waals surface area (Å²) in [5.74, 6) is 0.0809. The SMILES string of the molecule is COCCNc1nc(N)c(C(=O)NCCC2CCCO2)s1. The molecule has 1 aromatic heterocycles. The molecule has 1 fully saturated rings. The molecule has 0 radical (unpaired) electrons. The number of nitrogen functional groups attached to an aromatic ring is 1. The number of carbonyl (C=O) groups is 1. The van der Waals surface area contributed by atoms with Crippen molar-refractivity contribution in [1.82, 2.24) is 10.3 Å². The summed E-state index contributed by atoms with van der Waals surface area (Å²) in [4.78, 5) is 16.6. The summed E-state index contributed by atoms with van der Waals surface area (Å²) in [6.07, 6.45) is 3.29. The zero-order valence-electron chi connectivity index (χ0n) is 12.2. The van der Waals surface area contributed by atoms with Gasteiger partial charge < -0.3 is 25.8 Å². The van der Waals surface area contributed by atoms with Gasteiger partial charge in [0.1, 0.15) is 10.7 Å². The molecule has 0 aromatic carbocycles. The number of rotatable bonds is 8. The number of thiazole rings is 1. The number of amides is 1. The monoisotopic (exact) mass is 314 g/mol. The second kappa shape index (κ2) is 8.16. The van der Waals surface area contributed by atoms with Gasteiger partial charge in [0.15, 0.2) is 5.13 Å². The summed E-state index contributed by atoms with van der Waals surface area (Å²) in [5, 5.41) is 6.56. The van der Waals surface area contributed by atoms with Gasteiger partial charge in [0.2, 0.25) is 0 Å². The Bertz CT molecular complexity index is 460. The maximum atomic E-state index is 12.1. The van der Waals surface area contributed by atoms with Crippen molar-refractivity contribution >= 4 is 28.2 Å². The zero-order valence-corrected chi connectivity index (χ0v) is 13.0. The molecular weight excluding hydrogens is 292 g/mol. The fourth-order valence-electron chi connectivity index (χ4n) is 2.13. The standard InChI is InChI=1S/C13H22N4O3S/c1-19-8-6-16-13-17-11(14)10(21-13)12(18)15-5-4-9-3-2-7-20-9/h9H,2-8,14H2,1H3,(H,15,18)(H,16,17). The molecule has 1 unspecified atom stereocenters. The van der Waals surface area contributed by atoms with Crippen LogP contribution < -0.4 is 16.4 Å². The molecule has 1 aromatic rings. The van der Waals surface area contributed by atoms with Gasteiger partial charge in [-0.25, -0.2) is 4.98 Å². The molecule has 1 aliphatic heterocycles. The highest BCUT2D eigenvalue weighted by atomic mass is 32.1. The molecule has 0 saturated carbocycles. The van der Waals surface area contributed by atoms with Gasteiger partial charge in [0, 0.05) is 26.8 Å². The Kier molecular flexibility index (Phi) is 6.21. The van der Waals surface area contributed by atoms with Gasteiger partial charge in [0.25, 0.3) is 5.91 Å². The number of nitrogens with two attached hydrogens (primary N) is 1. The minimum atomic E-state index is -0.178. The van der Waals surface area contributed by atoms with E-state index in [9.17, 15) is 4.79 Å². The quantitative estimate of drug-likeness (QED) is 0.621. The predicted molar refractivity (Wildman–Crippen MR) is 82.8 cm³/mol. The second-order valence-corrected chi connectivity index (χ2v) is 5.83. The average Bonchev–Trinajstić information content (AvgIpc) is 3.09. The van der Waals surface area contributed by atoms with Gasteiger partial charge >= 0.3 is 0 Å². The van der Waals surface area contributed by atoms with Crippen LogP contribution in [0.1, 0.15) is 28.9 Å². The first-order valence-corrected chi connectivity index (χ1v) is 7.91. The molecule has 1 saturated heterocycles. The molecule has 0 bridgehead atoms. The Morgan fingerprint density at radius 1 is 1.57 bits per heavy atom. The second-order valence-electron chi connectivity index (χ2n) is 4.83. The molecule has 1 atom stereocenters. The Morgan fingerprint density at radius 2 is 2.43 bits per heavy atom. The van der Waals surface area contributed by atoms with Gasteiger partial charge in [-0.2, -0.15) is 0 Å². The minimum Gasteiger partial charge on any atom is -0.383 e. The smallest absolute Gasteiger partial charge is 0.265 e. The van der Waals surface area contributed by atoms with Gasteiger partial charge in [-0.15, -0.1) is 0 Å². The van der Waals surface area contributed by atoms with Crippen LogP contribution in [-0.4, -0.2) is 50.4 Å². The molecule has 0 spiro atoms. The number of anilines is 2. The van der Waals surface area contributed by atoms with E-state index in [1.165, 1.54) is 11.3 Å². The van der Waals surface area contributed by atoms with Gasteiger partial charge in [-0.05, 0) is 19.3 Å². The summed E-state index contributed by atoms with van der Waals surface area (Å²) < 4.78 is 10.5. The van der Waals surface area contributed by atoms with Crippen molar-refractivity contribution in [2.45, 2.75) is 25.4 Å². The normalized spacial score (nSPS) is 17.9. The molecule has 1 amide bonds. The first kappa shape index (κ1) is 16.0. The number of carbonyl (C=O) groups excluding carboxylic acids is 1. The van der Waals surface area contributed by atoms with Gasteiger partial charge in [-0.3, -0.25) is 4.79 Å². The minimum absolute atomic E-state index is 0.178. The molecule has 8 heteroatoms. The lowest BCUT2D eigenvalue weighted by Gasteiger charge is -2.09. The number of hydrogen-bond donors (Lipinski definition) is 3. The zero-order chi connectivity index (χ0) is 15.1. The molecule has 4 N–H and O–H groups in total. The Labute approximate surface area is 128 Å². The van der Waals surface area contributed by atoms with E-state index in [1.807, 2.05) is 0 Å². The van der Waals surface area contributed by atoms with Crippen LogP contribution in [0.5, 0.6) is 0 Å². The highest BCUT2D eigenvalue weighted by molar-refractivity contribution is 7.18. The molecule has 118 valence electrons. The lowest BCUT2D eigenvalue weighted by molar-refractivity contribution is 0.0911. The van der Waals surface area contributed by atoms with Crippen LogP contribution >= 0.6 is 11.3 Å². The van der Waals surface area contributed by atoms with Crippen LogP contribution in [0.15, 0.2) is 0 Å². The third kappa shape index (κ3) is 4.83. The first-order chi connectivity index (χ1) is 10.2. The van der Waals surface area contributed by atoms with Gasteiger partial charge in [0.05, 0.1) is 12.7 Å². The first-order valence-electron chi connectivity index (χ1n) is 7.09. The van der Waals surface area contributed by atoms with Crippen molar-refractivity contribution in [3.63, 3.8) is 0 Å². The summed E-state index contributed by atoms with van der Waals surface area (Å²) in [6.45, 7) is 2.62. The van der Waals surface area contributed by atoms with Crippen molar-refractivity contribution in [2.75, 3.05) is 44.5 Å². The summed E-state index contributed by atoms with van der Waals surface area (Å²) >= 11 is 1.25. The Morgan fingerprint density at radius 3 is 3.14 bits per heavy atom. The van der Waals surface area contributed by atoms with Crippen molar-refractivity contribution in [3.8, 4) is 0 Å². The summed E-state index contributed by atoms with van der Waals surface area (Å²) in [7, 11) is 1.63. The van der Waals surface area contributed by atoms with Crippen LogP contribution in [0.3, 0.4) is 0 Å². The molecular formula is C13H22N4O3S. The van der Waals surface area contributed by atoms with E-state index in [1.54, 1.807) is 7.11 Å². The third-order valence-corrected chi connectivity index (χ3v) is 4.25. The van der Waals surface area contributed by atoms with Crippen LogP contribution in [0.2, 0.25) is 0 Å². The largest absolute Gasteiger partial charge is 0.383 e. The predicted octanol–water partition coefficient (Wildman–Crippen LogP) is 1.08. The van der Waals surface area contributed by atoms with Crippen molar-refractivity contribution in [1.29, 1.82) is 0 Å². The molecule has 0 aliphatic carbocycles. The highest BCUT2D eigenvalue weighted by Gasteiger charge is 2.18. The molecule has 7 nitrogen and oxygen atoms in total. The summed E-state index contributed by atoms with van der Waals surface area (Å²) in [6, 6.07) is 0. The number of methoxy groups -OCH3 is 1. The Hall–Kier alpha value is -1.38. The highest BCUT2D eigenvalue weighted by Crippen LogP contribution is 2.24. The van der Waals surface area contributed by atoms with Crippen LogP contribution in [0.4, 0.5) is 10.9 Å². The van der Waals surface area contributed by atoms with Crippen molar-refractivity contribution in [3.05, 3.63) is 4.88 Å². The molecule has 21 heavy (non-hydrogen) atoms. The van der Waals surface area contributed by atoms with E-state index < -0.39 is 0 Å². The lowest BCUT2D eigenvalue weighted by Crippen LogP contribution is -2.26. The van der Waals surface area contributed by atoms with E-state index in [-0.39, 0.29) is 17.8 Å². The molecule has 2 rings (SSSR count). The van der Waals surface area contributed by atoms with Crippen molar-refractivity contribution in [2.24, 2.45) is 0 Å². The third-order valence-electron chi connectivity index (χ3n) is 3.22. The summed E-state index contributed by atoms with van der Waals surface area (Å²) in [5.41, 5.74) is 5.78. The molecule has 2 heterocycles. The van der Waals surface area contributed by atoms with E-state index >= 15 is 0 Å². The average molecular weight is 314 g/mol. The fourth-order valence-corrected chi connectivity index (χ4v) is 2.96. The topological polar surface area (TPSA) is 98.5 Å². The maximum absolute atomic E-state index is 12.1. The van der Waals surface area contributed by atoms with E-state index in [0.717, 1.165) is 25.9 Å². The van der Waals surface area contributed by atoms with Gasteiger partial charge in [-0.1, -0.05) is 11.3 Å². The number of aromatic nitrogens is 1. The van der Waals surface area contributed by atoms with E-state index in [0.29, 0.717) is 29.7 Å². The number of ether oxygens (including phenoxy) is 2. The number of nitrogens with one attached hydrogen (secondary N) is 2. The van der Waals surface area contributed by atoms with Crippen molar-refractivity contribution < 1.29 is 14.3 Å². The van der Waals surface area contributed by atoms with E-state index in [4.69, 9.17) is 15.2 Å². The van der Waals surface area contributed by atoms with E-state index in [2.05, 4.69) is 15.6 Å². The maximum Gasteiger partial charge on any atom is 0.265 e. The fraction of sp³-hybridized carbons (Fsp3) is 0.692.